The lowest BCUT2D eigenvalue weighted by Gasteiger charge is -2.17. The second kappa shape index (κ2) is 8.87. The molecule has 0 saturated heterocycles. The van der Waals surface area contributed by atoms with Crippen LogP contribution in [0.5, 0.6) is 5.75 Å². The van der Waals surface area contributed by atoms with Crippen LogP contribution >= 0.6 is 0 Å². The largest absolute Gasteiger partial charge is 0.496 e. The van der Waals surface area contributed by atoms with Gasteiger partial charge in [0.05, 0.1) is 26.4 Å². The maximum Gasteiger partial charge on any atom is 0.148 e. The molecule has 2 N–H and O–H groups in total. The topological polar surface area (TPSA) is 68.5 Å². The Labute approximate surface area is 149 Å². The molecule has 0 aliphatic heterocycles. The lowest BCUT2D eigenvalue weighted by molar-refractivity contribution is 0.0341. The van der Waals surface area contributed by atoms with E-state index >= 15 is 0 Å². The normalized spacial score (nSPS) is 12.8. The molecule has 1 atom stereocenters. The van der Waals surface area contributed by atoms with Gasteiger partial charge in [0.25, 0.3) is 0 Å². The number of hydrogen-bond acceptors (Lipinski definition) is 5. The average Bonchev–Trinajstić information content (AvgIpc) is 2.99. The summed E-state index contributed by atoms with van der Waals surface area (Å²) in [5.41, 5.74) is 1.14. The maximum atomic E-state index is 10.1. The predicted molar refractivity (Wildman–Crippen MR) is 98.8 cm³/mol. The molecule has 0 aliphatic carbocycles. The van der Waals surface area contributed by atoms with Crippen LogP contribution in [-0.4, -0.2) is 41.3 Å². The molecule has 0 saturated carbocycles. The summed E-state index contributed by atoms with van der Waals surface area (Å²) in [5, 5.41) is 17.6. The van der Waals surface area contributed by atoms with E-state index < -0.39 is 6.10 Å². The van der Waals surface area contributed by atoms with Crippen LogP contribution in [0.15, 0.2) is 36.5 Å². The summed E-state index contributed by atoms with van der Waals surface area (Å²) < 4.78 is 12.8. The first-order valence-corrected chi connectivity index (χ1v) is 8.52. The van der Waals surface area contributed by atoms with Crippen LogP contribution in [-0.2, 0) is 17.9 Å². The van der Waals surface area contributed by atoms with Gasteiger partial charge in [-0.05, 0) is 11.5 Å². The minimum absolute atomic E-state index is 0.176. The van der Waals surface area contributed by atoms with Crippen LogP contribution in [0.3, 0.4) is 0 Å². The van der Waals surface area contributed by atoms with Crippen molar-refractivity contribution in [2.75, 3.05) is 25.6 Å². The molecule has 25 heavy (non-hydrogen) atoms. The monoisotopic (exact) mass is 347 g/mol. The molecule has 1 heterocycles. The van der Waals surface area contributed by atoms with Gasteiger partial charge in [-0.1, -0.05) is 39.0 Å². The number of ether oxygens (including phenoxy) is 2. The van der Waals surface area contributed by atoms with Gasteiger partial charge in [-0.15, -0.1) is 0 Å². The molecule has 0 bridgehead atoms. The summed E-state index contributed by atoms with van der Waals surface area (Å²) in [6.07, 6.45) is 1.33. The first-order valence-electron chi connectivity index (χ1n) is 8.52. The van der Waals surface area contributed by atoms with Crippen molar-refractivity contribution in [3.8, 4) is 5.75 Å². The zero-order valence-corrected chi connectivity index (χ0v) is 15.5. The molecule has 1 aromatic heterocycles. The minimum Gasteiger partial charge on any atom is -0.496 e. The molecule has 2 rings (SSSR count). The van der Waals surface area contributed by atoms with Crippen LogP contribution in [0.1, 0.15) is 26.3 Å². The summed E-state index contributed by atoms with van der Waals surface area (Å²) in [5.74, 6) is 1.55. The molecule has 0 aliphatic rings. The first kappa shape index (κ1) is 19.3. The van der Waals surface area contributed by atoms with Crippen molar-refractivity contribution in [1.29, 1.82) is 0 Å². The highest BCUT2D eigenvalue weighted by atomic mass is 16.5. The zero-order chi connectivity index (χ0) is 18.3. The molecule has 6 heteroatoms. The number of aromatic nitrogens is 2. The molecule has 0 fully saturated rings. The van der Waals surface area contributed by atoms with Gasteiger partial charge in [0.1, 0.15) is 11.6 Å². The quantitative estimate of drug-likeness (QED) is 0.730. The maximum absolute atomic E-state index is 10.1. The molecule has 0 spiro atoms. The number of hydrogen-bond donors (Lipinski definition) is 2. The Morgan fingerprint density at radius 2 is 2.00 bits per heavy atom. The number of methoxy groups -OCH3 is 1. The van der Waals surface area contributed by atoms with Crippen molar-refractivity contribution in [2.24, 2.45) is 5.41 Å². The van der Waals surface area contributed by atoms with Crippen LogP contribution in [0.25, 0.3) is 0 Å². The van der Waals surface area contributed by atoms with E-state index in [0.29, 0.717) is 13.2 Å². The number of anilines is 1. The first-order chi connectivity index (χ1) is 11.9. The molecule has 2 aromatic rings. The molecule has 0 radical (unpaired) electrons. The van der Waals surface area contributed by atoms with Crippen LogP contribution in [0.4, 0.5) is 5.82 Å². The van der Waals surface area contributed by atoms with Gasteiger partial charge in [0.15, 0.2) is 0 Å². The molecule has 6 nitrogen and oxygen atoms in total. The predicted octanol–water partition coefficient (Wildman–Crippen LogP) is 2.93. The Hall–Kier alpha value is -2.05. The fraction of sp³-hybridized carbons (Fsp3) is 0.526. The smallest absolute Gasteiger partial charge is 0.148 e. The number of benzene rings is 1. The standard InChI is InChI=1S/C19H29N3O3/c1-19(2,3)14-22-10-9-18(21-22)20-11-16(23)13-25-12-15-7-5-6-8-17(15)24-4/h5-10,16,23H,11-14H2,1-4H3,(H,20,21). The van der Waals surface area contributed by atoms with E-state index in [0.717, 1.165) is 23.7 Å². The number of nitrogens with one attached hydrogen (secondary N) is 1. The van der Waals surface area contributed by atoms with E-state index in [9.17, 15) is 5.11 Å². The Morgan fingerprint density at radius 1 is 1.24 bits per heavy atom. The van der Waals surface area contributed by atoms with E-state index in [2.05, 4.69) is 31.2 Å². The number of aliphatic hydroxyl groups excluding tert-OH is 1. The van der Waals surface area contributed by atoms with E-state index in [1.165, 1.54) is 0 Å². The van der Waals surface area contributed by atoms with Crippen molar-refractivity contribution >= 4 is 5.82 Å². The van der Waals surface area contributed by atoms with Gasteiger partial charge in [0.2, 0.25) is 0 Å². The number of aliphatic hydroxyl groups is 1. The molecular formula is C19H29N3O3. The Balaban J connectivity index is 1.71. The lowest BCUT2D eigenvalue weighted by atomic mass is 9.97. The number of rotatable bonds is 9. The van der Waals surface area contributed by atoms with Crippen molar-refractivity contribution in [3.05, 3.63) is 42.1 Å². The summed E-state index contributed by atoms with van der Waals surface area (Å²) >= 11 is 0. The van der Waals surface area contributed by atoms with Crippen molar-refractivity contribution in [3.63, 3.8) is 0 Å². The van der Waals surface area contributed by atoms with Gasteiger partial charge in [-0.2, -0.15) is 5.10 Å². The highest BCUT2D eigenvalue weighted by Crippen LogP contribution is 2.18. The molecule has 1 unspecified atom stereocenters. The van der Waals surface area contributed by atoms with Crippen LogP contribution in [0.2, 0.25) is 0 Å². The third-order valence-corrected chi connectivity index (χ3v) is 3.56. The highest BCUT2D eigenvalue weighted by Gasteiger charge is 2.12. The number of para-hydroxylation sites is 1. The molecule has 1 aromatic carbocycles. The second-order valence-corrected chi connectivity index (χ2v) is 7.32. The average molecular weight is 347 g/mol. The molecular weight excluding hydrogens is 318 g/mol. The van der Waals surface area contributed by atoms with Crippen LogP contribution in [0, 0.1) is 5.41 Å². The molecule has 138 valence electrons. The highest BCUT2D eigenvalue weighted by molar-refractivity contribution is 5.33. The zero-order valence-electron chi connectivity index (χ0n) is 15.5. The third-order valence-electron chi connectivity index (χ3n) is 3.56. The SMILES string of the molecule is COc1ccccc1COCC(O)CNc1ccn(CC(C)(C)C)n1. The van der Waals surface area contributed by atoms with Gasteiger partial charge in [-0.3, -0.25) is 4.68 Å². The van der Waals surface area contributed by atoms with E-state index in [-0.39, 0.29) is 12.0 Å². The van der Waals surface area contributed by atoms with Crippen molar-refractivity contribution in [1.82, 2.24) is 9.78 Å². The Kier molecular flexibility index (Phi) is 6.84. The van der Waals surface area contributed by atoms with Gasteiger partial charge < -0.3 is 19.9 Å². The summed E-state index contributed by atoms with van der Waals surface area (Å²) in [7, 11) is 1.64. The lowest BCUT2D eigenvalue weighted by Crippen LogP contribution is -2.25. The van der Waals surface area contributed by atoms with E-state index in [1.807, 2.05) is 41.2 Å². The van der Waals surface area contributed by atoms with E-state index in [4.69, 9.17) is 9.47 Å². The van der Waals surface area contributed by atoms with Crippen molar-refractivity contribution < 1.29 is 14.6 Å². The summed E-state index contributed by atoms with van der Waals surface area (Å²) in [4.78, 5) is 0. The fourth-order valence-electron chi connectivity index (χ4n) is 2.44. The van der Waals surface area contributed by atoms with Crippen molar-refractivity contribution in [2.45, 2.75) is 40.0 Å². The third kappa shape index (κ3) is 6.76. The number of nitrogens with zero attached hydrogens (tertiary/aromatic N) is 2. The second-order valence-electron chi connectivity index (χ2n) is 7.32. The summed E-state index contributed by atoms with van der Waals surface area (Å²) in [6, 6.07) is 9.61. The Bertz CT molecular complexity index is 649. The molecule has 0 amide bonds. The fourth-order valence-corrected chi connectivity index (χ4v) is 2.44. The van der Waals surface area contributed by atoms with Gasteiger partial charge in [0, 0.05) is 30.9 Å². The Morgan fingerprint density at radius 3 is 2.72 bits per heavy atom. The van der Waals surface area contributed by atoms with Gasteiger partial charge in [-0.25, -0.2) is 0 Å². The van der Waals surface area contributed by atoms with E-state index in [1.54, 1.807) is 7.11 Å². The van der Waals surface area contributed by atoms with Crippen LogP contribution < -0.4 is 10.1 Å². The van der Waals surface area contributed by atoms with Gasteiger partial charge >= 0.3 is 0 Å². The minimum atomic E-state index is -0.609. The summed E-state index contributed by atoms with van der Waals surface area (Å²) in [6.45, 7) is 8.40.